The van der Waals surface area contributed by atoms with Crippen molar-refractivity contribution in [1.29, 1.82) is 0 Å². The van der Waals surface area contributed by atoms with Crippen molar-refractivity contribution in [3.05, 3.63) is 12.2 Å². The van der Waals surface area contributed by atoms with Gasteiger partial charge in [-0.05, 0) is 25.8 Å². The Morgan fingerprint density at radius 2 is 2.29 bits per heavy atom. The van der Waals surface area contributed by atoms with E-state index in [9.17, 15) is 0 Å². The molecule has 1 aromatic rings. The summed E-state index contributed by atoms with van der Waals surface area (Å²) in [6.07, 6.45) is 4.91. The van der Waals surface area contributed by atoms with Crippen LogP contribution in [0.25, 0.3) is 0 Å². The lowest BCUT2D eigenvalue weighted by Gasteiger charge is -2.30. The van der Waals surface area contributed by atoms with Gasteiger partial charge in [-0.25, -0.2) is 0 Å². The Labute approximate surface area is 101 Å². The summed E-state index contributed by atoms with van der Waals surface area (Å²) in [7, 11) is 0. The fourth-order valence-electron chi connectivity index (χ4n) is 2.02. The van der Waals surface area contributed by atoms with Crippen LogP contribution in [0.4, 0.5) is 0 Å². The molecule has 1 saturated heterocycles. The molecule has 2 rings (SSSR count). The molecule has 96 valence electrons. The lowest BCUT2D eigenvalue weighted by molar-refractivity contribution is 0.00381. The van der Waals surface area contributed by atoms with E-state index in [1.165, 1.54) is 6.33 Å². The molecule has 0 bridgehead atoms. The molecule has 0 amide bonds. The van der Waals surface area contributed by atoms with Gasteiger partial charge in [0.05, 0.1) is 12.6 Å². The largest absolute Gasteiger partial charge is 0.378 e. The molecule has 2 N–H and O–H groups in total. The summed E-state index contributed by atoms with van der Waals surface area (Å²) in [5.41, 5.74) is 5.43. The first-order valence-electron chi connectivity index (χ1n) is 6.18. The van der Waals surface area contributed by atoms with Gasteiger partial charge in [0.2, 0.25) is 5.89 Å². The number of ether oxygens (including phenoxy) is 1. The molecular formula is C11H20N4O2. The van der Waals surface area contributed by atoms with Crippen molar-refractivity contribution in [2.24, 2.45) is 5.73 Å². The summed E-state index contributed by atoms with van der Waals surface area (Å²) in [5, 5.41) is 3.60. The minimum Gasteiger partial charge on any atom is -0.378 e. The standard InChI is InChI=1S/C11H20N4O2/c12-4-1-7-16-10-2-5-15(6-3-10)8-11-13-9-14-17-11/h9-10H,1-8,12H2. The van der Waals surface area contributed by atoms with Crippen LogP contribution in [0.15, 0.2) is 10.9 Å². The Morgan fingerprint density at radius 3 is 2.94 bits per heavy atom. The second-order valence-corrected chi connectivity index (χ2v) is 4.32. The highest BCUT2D eigenvalue weighted by Gasteiger charge is 2.20. The van der Waals surface area contributed by atoms with Gasteiger partial charge in [0, 0.05) is 19.7 Å². The first-order valence-corrected chi connectivity index (χ1v) is 6.18. The van der Waals surface area contributed by atoms with Gasteiger partial charge < -0.3 is 15.0 Å². The third kappa shape index (κ3) is 4.07. The molecule has 1 fully saturated rings. The van der Waals surface area contributed by atoms with Crippen molar-refractivity contribution >= 4 is 0 Å². The van der Waals surface area contributed by atoms with Gasteiger partial charge in [-0.15, -0.1) is 0 Å². The molecule has 0 atom stereocenters. The van der Waals surface area contributed by atoms with Crippen molar-refractivity contribution in [1.82, 2.24) is 15.0 Å². The number of likely N-dealkylation sites (tertiary alicyclic amines) is 1. The van der Waals surface area contributed by atoms with E-state index in [2.05, 4.69) is 15.0 Å². The summed E-state index contributed by atoms with van der Waals surface area (Å²) in [6, 6.07) is 0. The number of rotatable bonds is 6. The van der Waals surface area contributed by atoms with Crippen molar-refractivity contribution < 1.29 is 9.26 Å². The molecule has 0 spiro atoms. The summed E-state index contributed by atoms with van der Waals surface area (Å²) in [4.78, 5) is 6.34. The number of aromatic nitrogens is 2. The highest BCUT2D eigenvalue weighted by atomic mass is 16.5. The zero-order valence-electron chi connectivity index (χ0n) is 10.0. The predicted molar refractivity (Wildman–Crippen MR) is 62.2 cm³/mol. The zero-order chi connectivity index (χ0) is 11.9. The fraction of sp³-hybridized carbons (Fsp3) is 0.818. The van der Waals surface area contributed by atoms with Crippen LogP contribution in [0.1, 0.15) is 25.2 Å². The highest BCUT2D eigenvalue weighted by molar-refractivity contribution is 4.79. The van der Waals surface area contributed by atoms with Gasteiger partial charge >= 0.3 is 0 Å². The lowest BCUT2D eigenvalue weighted by Crippen LogP contribution is -2.36. The molecule has 6 nitrogen and oxygen atoms in total. The van der Waals surface area contributed by atoms with E-state index in [4.69, 9.17) is 15.0 Å². The van der Waals surface area contributed by atoms with E-state index in [0.29, 0.717) is 18.5 Å². The molecule has 0 saturated carbocycles. The molecule has 1 aliphatic rings. The third-order valence-corrected chi connectivity index (χ3v) is 3.00. The zero-order valence-corrected chi connectivity index (χ0v) is 10.0. The smallest absolute Gasteiger partial charge is 0.240 e. The number of nitrogens with two attached hydrogens (primary N) is 1. The normalized spacial score (nSPS) is 18.6. The van der Waals surface area contributed by atoms with Crippen molar-refractivity contribution in [3.8, 4) is 0 Å². The Kier molecular flexibility index (Phi) is 4.90. The second kappa shape index (κ2) is 6.68. The third-order valence-electron chi connectivity index (χ3n) is 3.00. The second-order valence-electron chi connectivity index (χ2n) is 4.32. The fourth-order valence-corrected chi connectivity index (χ4v) is 2.02. The minimum atomic E-state index is 0.389. The van der Waals surface area contributed by atoms with Crippen molar-refractivity contribution in [2.45, 2.75) is 31.9 Å². The van der Waals surface area contributed by atoms with Crippen LogP contribution in [0.3, 0.4) is 0 Å². The summed E-state index contributed by atoms with van der Waals surface area (Å²) in [6.45, 7) is 4.28. The van der Waals surface area contributed by atoms with Gasteiger partial charge in [-0.2, -0.15) is 4.98 Å². The molecular weight excluding hydrogens is 220 g/mol. The van der Waals surface area contributed by atoms with Gasteiger partial charge in [-0.3, -0.25) is 4.90 Å². The summed E-state index contributed by atoms with van der Waals surface area (Å²) in [5.74, 6) is 0.688. The van der Waals surface area contributed by atoms with Crippen LogP contribution >= 0.6 is 0 Å². The number of hydrogen-bond acceptors (Lipinski definition) is 6. The maximum atomic E-state index is 5.75. The minimum absolute atomic E-state index is 0.389. The Morgan fingerprint density at radius 1 is 1.47 bits per heavy atom. The topological polar surface area (TPSA) is 77.4 Å². The quantitative estimate of drug-likeness (QED) is 0.725. The SMILES string of the molecule is NCCCOC1CCN(Cc2ncno2)CC1. The molecule has 6 heteroatoms. The van der Waals surface area contributed by atoms with E-state index < -0.39 is 0 Å². The van der Waals surface area contributed by atoms with Crippen molar-refractivity contribution in [2.75, 3.05) is 26.2 Å². The maximum absolute atomic E-state index is 5.75. The van der Waals surface area contributed by atoms with Crippen LogP contribution in [0.2, 0.25) is 0 Å². The Balaban J connectivity index is 1.64. The number of hydrogen-bond donors (Lipinski definition) is 1. The molecule has 1 aromatic heterocycles. The van der Waals surface area contributed by atoms with Crippen LogP contribution in [-0.4, -0.2) is 47.4 Å². The lowest BCUT2D eigenvalue weighted by atomic mass is 10.1. The van der Waals surface area contributed by atoms with Gasteiger partial charge in [0.25, 0.3) is 0 Å². The van der Waals surface area contributed by atoms with E-state index in [1.807, 2.05) is 0 Å². The van der Waals surface area contributed by atoms with E-state index in [-0.39, 0.29) is 0 Å². The first-order chi connectivity index (χ1) is 8.38. The monoisotopic (exact) mass is 240 g/mol. The van der Waals surface area contributed by atoms with Gasteiger partial charge in [-0.1, -0.05) is 5.16 Å². The van der Waals surface area contributed by atoms with Gasteiger partial charge in [0.15, 0.2) is 6.33 Å². The van der Waals surface area contributed by atoms with Gasteiger partial charge in [0.1, 0.15) is 0 Å². The average molecular weight is 240 g/mol. The molecule has 0 radical (unpaired) electrons. The summed E-state index contributed by atoms with van der Waals surface area (Å²) >= 11 is 0. The first kappa shape index (κ1) is 12.5. The van der Waals surface area contributed by atoms with E-state index in [0.717, 1.165) is 45.5 Å². The van der Waals surface area contributed by atoms with Crippen LogP contribution in [0, 0.1) is 0 Å². The highest BCUT2D eigenvalue weighted by Crippen LogP contribution is 2.15. The molecule has 2 heterocycles. The van der Waals surface area contributed by atoms with E-state index >= 15 is 0 Å². The Hall–Kier alpha value is -0.980. The van der Waals surface area contributed by atoms with Crippen molar-refractivity contribution in [3.63, 3.8) is 0 Å². The summed E-state index contributed by atoms with van der Waals surface area (Å²) < 4.78 is 10.7. The molecule has 17 heavy (non-hydrogen) atoms. The molecule has 0 unspecified atom stereocenters. The number of nitrogens with zero attached hydrogens (tertiary/aromatic N) is 3. The molecule has 1 aliphatic heterocycles. The van der Waals surface area contributed by atoms with Crippen LogP contribution in [-0.2, 0) is 11.3 Å². The van der Waals surface area contributed by atoms with Crippen LogP contribution < -0.4 is 5.73 Å². The van der Waals surface area contributed by atoms with Crippen LogP contribution in [0.5, 0.6) is 0 Å². The maximum Gasteiger partial charge on any atom is 0.240 e. The Bertz CT molecular complexity index is 296. The number of piperidine rings is 1. The molecule has 0 aromatic carbocycles. The average Bonchev–Trinajstić information content (AvgIpc) is 2.85. The molecule has 0 aliphatic carbocycles. The van der Waals surface area contributed by atoms with E-state index in [1.54, 1.807) is 0 Å². The predicted octanol–water partition coefficient (Wildman–Crippen LogP) is 0.399.